The Balaban J connectivity index is 2.93. The molecule has 0 aromatic rings. The monoisotopic (exact) mass is 295 g/mol. The van der Waals surface area contributed by atoms with Gasteiger partial charge in [-0.15, -0.1) is 0 Å². The Morgan fingerprint density at radius 3 is 2.47 bits per heavy atom. The molecule has 0 aromatic carbocycles. The summed E-state index contributed by atoms with van der Waals surface area (Å²) in [5, 5.41) is 0.841. The molecule has 5 nitrogen and oxygen atoms in total. The van der Waals surface area contributed by atoms with Crippen LogP contribution in [0, 0.1) is 0 Å². The van der Waals surface area contributed by atoms with Crippen LogP contribution in [0.5, 0.6) is 0 Å². The third-order valence-electron chi connectivity index (χ3n) is 2.61. The highest BCUT2D eigenvalue weighted by molar-refractivity contribution is 8.26. The van der Waals surface area contributed by atoms with Crippen molar-refractivity contribution in [2.45, 2.75) is 31.4 Å². The number of amidine groups is 1. The number of sulfonamides is 1. The molecular weight excluding hydrogens is 278 g/mol. The van der Waals surface area contributed by atoms with Crippen LogP contribution in [0.25, 0.3) is 0 Å². The van der Waals surface area contributed by atoms with Gasteiger partial charge in [-0.25, -0.2) is 8.42 Å². The highest BCUT2D eigenvalue weighted by atomic mass is 32.3. The van der Waals surface area contributed by atoms with Gasteiger partial charge in [-0.1, -0.05) is 11.8 Å². The highest BCUT2D eigenvalue weighted by Gasteiger charge is 2.38. The average Bonchev–Trinajstić information content (AvgIpc) is 2.41. The molecule has 1 atom stereocenters. The van der Waals surface area contributed by atoms with Gasteiger partial charge in [0, 0.05) is 20.1 Å². The number of nitrogens with zero attached hydrogens (tertiary/aromatic N) is 3. The quantitative estimate of drug-likeness (QED) is 0.683. The van der Waals surface area contributed by atoms with Crippen molar-refractivity contribution in [1.29, 1.82) is 0 Å². The number of thiocarbonyl (C=S) groups is 1. The van der Waals surface area contributed by atoms with E-state index in [1.165, 1.54) is 23.1 Å². The Morgan fingerprint density at radius 2 is 2.12 bits per heavy atom. The first-order valence-electron chi connectivity index (χ1n) is 5.17. The molecule has 1 rings (SSSR count). The van der Waals surface area contributed by atoms with Crippen LogP contribution >= 0.6 is 24.0 Å². The minimum atomic E-state index is -3.26. The normalized spacial score (nSPS) is 25.6. The van der Waals surface area contributed by atoms with E-state index in [1.54, 1.807) is 6.92 Å². The lowest BCUT2D eigenvalue weighted by Gasteiger charge is -2.21. The van der Waals surface area contributed by atoms with Crippen LogP contribution in [0.2, 0.25) is 0 Å². The lowest BCUT2D eigenvalue weighted by atomic mass is 10.4. The first kappa shape index (κ1) is 14.7. The Hall–Kier alpha value is -0.340. The second-order valence-corrected chi connectivity index (χ2v) is 8.34. The molecule has 1 aliphatic rings. The van der Waals surface area contributed by atoms with Crippen molar-refractivity contribution in [2.75, 3.05) is 14.1 Å². The van der Waals surface area contributed by atoms with Gasteiger partial charge in [0.05, 0.1) is 0 Å². The molecule has 0 aliphatic carbocycles. The molecule has 0 spiro atoms. The first-order chi connectivity index (χ1) is 7.67. The number of rotatable bonds is 1. The summed E-state index contributed by atoms with van der Waals surface area (Å²) < 4.78 is 24.2. The second-order valence-electron chi connectivity index (χ2n) is 4.08. The van der Waals surface area contributed by atoms with Crippen molar-refractivity contribution in [3.63, 3.8) is 0 Å². The third-order valence-corrected chi connectivity index (χ3v) is 6.81. The van der Waals surface area contributed by atoms with Gasteiger partial charge in [-0.2, -0.15) is 4.99 Å². The van der Waals surface area contributed by atoms with Gasteiger partial charge in [0.1, 0.15) is 4.58 Å². The van der Waals surface area contributed by atoms with Crippen LogP contribution in [-0.4, -0.2) is 52.6 Å². The van der Waals surface area contributed by atoms with Crippen LogP contribution in [0.15, 0.2) is 4.99 Å². The predicted molar refractivity (Wildman–Crippen MR) is 76.7 cm³/mol. The van der Waals surface area contributed by atoms with E-state index in [0.29, 0.717) is 10.3 Å². The minimum absolute atomic E-state index is 0.234. The van der Waals surface area contributed by atoms with E-state index >= 15 is 0 Å². The number of hydrogen-bond donors (Lipinski definition) is 0. The summed E-state index contributed by atoms with van der Waals surface area (Å²) in [6.45, 7) is 5.64. The summed E-state index contributed by atoms with van der Waals surface area (Å²) >= 11 is 6.37. The van der Waals surface area contributed by atoms with Gasteiger partial charge in [-0.05, 0) is 33.0 Å². The fourth-order valence-electron chi connectivity index (χ4n) is 1.09. The van der Waals surface area contributed by atoms with Crippen molar-refractivity contribution < 1.29 is 8.42 Å². The van der Waals surface area contributed by atoms with Crippen LogP contribution < -0.4 is 0 Å². The molecule has 98 valence electrons. The lowest BCUT2D eigenvalue weighted by molar-refractivity contribution is 0.420. The van der Waals surface area contributed by atoms with E-state index in [4.69, 9.17) is 12.2 Å². The smallest absolute Gasteiger partial charge is 0.248 e. The Kier molecular flexibility index (Phi) is 4.43. The van der Waals surface area contributed by atoms with Crippen molar-refractivity contribution in [3.05, 3.63) is 0 Å². The number of thioether (sulfide) groups is 1. The summed E-state index contributed by atoms with van der Waals surface area (Å²) in [5.74, 6) is 0. The molecule has 0 saturated carbocycles. The highest BCUT2D eigenvalue weighted by Crippen LogP contribution is 2.31. The molecule has 1 aliphatic heterocycles. The van der Waals surface area contributed by atoms with E-state index in [1.807, 2.05) is 25.8 Å². The predicted octanol–water partition coefficient (Wildman–Crippen LogP) is 1.32. The standard InChI is InChI=1S/C9H17N3O2S3/c1-6(2)11(4)8(15)10-9-12(5)17(13,14)7(3)16-9/h6-7H,1-5H3/b10-9-. The Morgan fingerprint density at radius 1 is 1.59 bits per heavy atom. The summed E-state index contributed by atoms with van der Waals surface area (Å²) in [6.07, 6.45) is 0. The van der Waals surface area contributed by atoms with Crippen LogP contribution in [0.1, 0.15) is 20.8 Å². The van der Waals surface area contributed by atoms with E-state index in [-0.39, 0.29) is 6.04 Å². The van der Waals surface area contributed by atoms with Crippen molar-refractivity contribution in [3.8, 4) is 0 Å². The molecule has 1 fully saturated rings. The molecular formula is C9H17N3O2S3. The molecule has 1 heterocycles. The second kappa shape index (κ2) is 5.11. The molecule has 0 radical (unpaired) electrons. The van der Waals surface area contributed by atoms with E-state index < -0.39 is 14.6 Å². The Bertz CT molecular complexity index is 444. The van der Waals surface area contributed by atoms with Crippen molar-refractivity contribution in [1.82, 2.24) is 9.21 Å². The zero-order chi connectivity index (χ0) is 13.4. The molecule has 1 saturated heterocycles. The van der Waals surface area contributed by atoms with Gasteiger partial charge >= 0.3 is 0 Å². The van der Waals surface area contributed by atoms with Crippen LogP contribution in [0.3, 0.4) is 0 Å². The topological polar surface area (TPSA) is 53.0 Å². The van der Waals surface area contributed by atoms with E-state index in [2.05, 4.69) is 4.99 Å². The fraction of sp³-hybridized carbons (Fsp3) is 0.778. The van der Waals surface area contributed by atoms with Crippen molar-refractivity contribution >= 4 is 44.3 Å². The maximum atomic E-state index is 11.8. The third kappa shape index (κ3) is 2.92. The van der Waals surface area contributed by atoms with Gasteiger partial charge in [0.15, 0.2) is 10.3 Å². The molecule has 17 heavy (non-hydrogen) atoms. The molecule has 0 bridgehead atoms. The summed E-state index contributed by atoms with van der Waals surface area (Å²) in [5.41, 5.74) is 0. The molecule has 0 aromatic heterocycles. The fourth-order valence-corrected chi connectivity index (χ4v) is 4.31. The molecule has 1 unspecified atom stereocenters. The van der Waals surface area contributed by atoms with Gasteiger partial charge in [0.25, 0.3) is 0 Å². The Labute approximate surface area is 112 Å². The summed E-state index contributed by atoms with van der Waals surface area (Å²) in [7, 11) is 0.0874. The minimum Gasteiger partial charge on any atom is -0.348 e. The van der Waals surface area contributed by atoms with E-state index in [9.17, 15) is 8.42 Å². The first-order valence-corrected chi connectivity index (χ1v) is 7.97. The molecule has 0 N–H and O–H groups in total. The SMILES string of the molecule is CC(C)N(C)C(=S)/N=C1\SC(C)S(=O)(=O)N1C. The van der Waals surface area contributed by atoms with Gasteiger partial charge < -0.3 is 4.90 Å². The van der Waals surface area contributed by atoms with Gasteiger partial charge in [-0.3, -0.25) is 4.31 Å². The van der Waals surface area contributed by atoms with Crippen molar-refractivity contribution in [2.24, 2.45) is 4.99 Å². The van der Waals surface area contributed by atoms with E-state index in [0.717, 1.165) is 0 Å². The molecule has 0 amide bonds. The average molecular weight is 295 g/mol. The number of aliphatic imine (C=N–C) groups is 1. The summed E-state index contributed by atoms with van der Waals surface area (Å²) in [6, 6.07) is 0.234. The largest absolute Gasteiger partial charge is 0.348 e. The van der Waals surface area contributed by atoms with Crippen LogP contribution in [0.4, 0.5) is 0 Å². The summed E-state index contributed by atoms with van der Waals surface area (Å²) in [4.78, 5) is 6.03. The lowest BCUT2D eigenvalue weighted by Crippen LogP contribution is -2.33. The zero-order valence-electron chi connectivity index (χ0n) is 10.5. The zero-order valence-corrected chi connectivity index (χ0v) is 13.0. The van der Waals surface area contributed by atoms with Gasteiger partial charge in [0.2, 0.25) is 10.0 Å². The number of hydrogen-bond acceptors (Lipinski definition) is 4. The maximum absolute atomic E-state index is 11.8. The van der Waals surface area contributed by atoms with Crippen LogP contribution in [-0.2, 0) is 10.0 Å². The maximum Gasteiger partial charge on any atom is 0.248 e. The molecule has 8 heteroatoms.